The first-order valence-electron chi connectivity index (χ1n) is 7.08. The van der Waals surface area contributed by atoms with Gasteiger partial charge in [-0.1, -0.05) is 6.07 Å². The van der Waals surface area contributed by atoms with E-state index in [-0.39, 0.29) is 5.82 Å². The van der Waals surface area contributed by atoms with Crippen molar-refractivity contribution in [1.29, 1.82) is 0 Å². The maximum absolute atomic E-state index is 13.4. The Balaban J connectivity index is 1.90. The number of benzene rings is 1. The lowest BCUT2D eigenvalue weighted by Crippen LogP contribution is -2.45. The third-order valence-corrected chi connectivity index (χ3v) is 4.13. The molecule has 2 fully saturated rings. The third kappa shape index (κ3) is 2.74. The Hall–Kier alpha value is -1.13. The van der Waals surface area contributed by atoms with Crippen LogP contribution in [0, 0.1) is 11.7 Å². The number of hydrogen-bond acceptors (Lipinski definition) is 3. The summed E-state index contributed by atoms with van der Waals surface area (Å²) in [5.41, 5.74) is 1.15. The number of nitrogens with zero attached hydrogens (tertiary/aromatic N) is 1. The van der Waals surface area contributed by atoms with Crippen molar-refractivity contribution < 1.29 is 9.13 Å². The van der Waals surface area contributed by atoms with Gasteiger partial charge in [-0.15, -0.1) is 0 Å². The van der Waals surface area contributed by atoms with Gasteiger partial charge >= 0.3 is 0 Å². The number of methoxy groups -OCH3 is 1. The second-order valence-electron chi connectivity index (χ2n) is 5.45. The number of ether oxygens (including phenoxy) is 1. The molecule has 19 heavy (non-hydrogen) atoms. The smallest absolute Gasteiger partial charge is 0.126 e. The van der Waals surface area contributed by atoms with Gasteiger partial charge in [0.15, 0.2) is 0 Å². The van der Waals surface area contributed by atoms with Gasteiger partial charge in [0.05, 0.1) is 7.11 Å². The van der Waals surface area contributed by atoms with Crippen molar-refractivity contribution in [1.82, 2.24) is 10.2 Å². The molecule has 1 aliphatic carbocycles. The van der Waals surface area contributed by atoms with Crippen LogP contribution in [0.2, 0.25) is 0 Å². The van der Waals surface area contributed by atoms with Crippen LogP contribution in [0.5, 0.6) is 5.75 Å². The molecule has 3 rings (SSSR count). The molecule has 0 bridgehead atoms. The quantitative estimate of drug-likeness (QED) is 0.902. The number of rotatable bonds is 4. The summed E-state index contributed by atoms with van der Waals surface area (Å²) in [6.07, 6.45) is 2.55. The zero-order valence-electron chi connectivity index (χ0n) is 11.4. The van der Waals surface area contributed by atoms with Gasteiger partial charge in [-0.2, -0.15) is 0 Å². The molecule has 1 aromatic rings. The molecule has 104 valence electrons. The summed E-state index contributed by atoms with van der Waals surface area (Å²) in [4.78, 5) is 2.52. The molecule has 1 aliphatic heterocycles. The van der Waals surface area contributed by atoms with Gasteiger partial charge in [0, 0.05) is 43.9 Å². The predicted octanol–water partition coefficient (Wildman–Crippen LogP) is 2.19. The molecule has 0 unspecified atom stereocenters. The lowest BCUT2D eigenvalue weighted by atomic mass is 9.98. The fourth-order valence-corrected chi connectivity index (χ4v) is 3.05. The Morgan fingerprint density at radius 1 is 1.32 bits per heavy atom. The molecule has 1 saturated heterocycles. The minimum absolute atomic E-state index is 0.226. The first-order chi connectivity index (χ1) is 9.29. The molecule has 1 atom stereocenters. The van der Waals surface area contributed by atoms with Crippen LogP contribution in [0.1, 0.15) is 24.4 Å². The fraction of sp³-hybridized carbons (Fsp3) is 0.600. The summed E-state index contributed by atoms with van der Waals surface area (Å²) in [6, 6.07) is 5.35. The summed E-state index contributed by atoms with van der Waals surface area (Å²) >= 11 is 0. The Bertz CT molecular complexity index is 442. The highest BCUT2D eigenvalue weighted by molar-refractivity contribution is 5.37. The van der Waals surface area contributed by atoms with Gasteiger partial charge in [-0.05, 0) is 24.8 Å². The van der Waals surface area contributed by atoms with Crippen LogP contribution in [0.15, 0.2) is 18.2 Å². The average molecular weight is 264 g/mol. The van der Waals surface area contributed by atoms with Gasteiger partial charge in [0.25, 0.3) is 0 Å². The van der Waals surface area contributed by atoms with E-state index < -0.39 is 0 Å². The van der Waals surface area contributed by atoms with E-state index in [1.54, 1.807) is 13.2 Å². The van der Waals surface area contributed by atoms with Crippen molar-refractivity contribution in [2.45, 2.75) is 18.9 Å². The monoisotopic (exact) mass is 264 g/mol. The summed E-state index contributed by atoms with van der Waals surface area (Å²) in [5, 5.41) is 3.39. The third-order valence-electron chi connectivity index (χ3n) is 4.13. The Labute approximate surface area is 113 Å². The van der Waals surface area contributed by atoms with Crippen LogP contribution in [-0.4, -0.2) is 38.2 Å². The number of halogens is 1. The van der Waals surface area contributed by atoms with E-state index in [0.29, 0.717) is 17.7 Å². The second-order valence-corrected chi connectivity index (χ2v) is 5.45. The van der Waals surface area contributed by atoms with Gasteiger partial charge in [0.1, 0.15) is 11.6 Å². The molecule has 4 heteroatoms. The van der Waals surface area contributed by atoms with Crippen molar-refractivity contribution in [2.75, 3.05) is 33.3 Å². The fourth-order valence-electron chi connectivity index (χ4n) is 3.05. The summed E-state index contributed by atoms with van der Waals surface area (Å²) in [5.74, 6) is 1.17. The summed E-state index contributed by atoms with van der Waals surface area (Å²) in [6.45, 7) is 4.18. The van der Waals surface area contributed by atoms with E-state index in [4.69, 9.17) is 4.74 Å². The molecule has 3 nitrogen and oxygen atoms in total. The van der Waals surface area contributed by atoms with Crippen LogP contribution in [-0.2, 0) is 0 Å². The molecule has 0 spiro atoms. The minimum atomic E-state index is -0.226. The minimum Gasteiger partial charge on any atom is -0.496 e. The molecule has 0 aromatic heterocycles. The molecular weight excluding hydrogens is 243 g/mol. The lowest BCUT2D eigenvalue weighted by molar-refractivity contribution is 0.153. The summed E-state index contributed by atoms with van der Waals surface area (Å²) in [7, 11) is 1.62. The van der Waals surface area contributed by atoms with Crippen molar-refractivity contribution in [3.63, 3.8) is 0 Å². The molecular formula is C15H21FN2O. The second kappa shape index (κ2) is 5.47. The van der Waals surface area contributed by atoms with Gasteiger partial charge in [-0.3, -0.25) is 4.90 Å². The predicted molar refractivity (Wildman–Crippen MR) is 72.9 cm³/mol. The van der Waals surface area contributed by atoms with Gasteiger partial charge < -0.3 is 10.1 Å². The normalized spacial score (nSPS) is 22.2. The van der Waals surface area contributed by atoms with Crippen LogP contribution in [0.4, 0.5) is 4.39 Å². The molecule has 0 radical (unpaired) electrons. The zero-order chi connectivity index (χ0) is 13.2. The van der Waals surface area contributed by atoms with Gasteiger partial charge in [-0.25, -0.2) is 4.39 Å². The van der Waals surface area contributed by atoms with Crippen molar-refractivity contribution >= 4 is 0 Å². The number of hydrogen-bond donors (Lipinski definition) is 1. The average Bonchev–Trinajstić information content (AvgIpc) is 3.26. The Kier molecular flexibility index (Phi) is 3.71. The van der Waals surface area contributed by atoms with Crippen LogP contribution in [0.3, 0.4) is 0 Å². The number of nitrogens with one attached hydrogen (secondary N) is 1. The van der Waals surface area contributed by atoms with Crippen molar-refractivity contribution in [3.8, 4) is 5.75 Å². The van der Waals surface area contributed by atoms with Crippen molar-refractivity contribution in [2.24, 2.45) is 5.92 Å². The van der Waals surface area contributed by atoms with E-state index >= 15 is 0 Å². The first-order valence-corrected chi connectivity index (χ1v) is 7.08. The maximum atomic E-state index is 13.4. The summed E-state index contributed by atoms with van der Waals surface area (Å²) < 4.78 is 18.7. The molecule has 1 saturated carbocycles. The molecule has 1 aromatic carbocycles. The number of piperazine rings is 1. The highest BCUT2D eigenvalue weighted by atomic mass is 19.1. The van der Waals surface area contributed by atoms with E-state index in [0.717, 1.165) is 31.7 Å². The first kappa shape index (κ1) is 12.9. The van der Waals surface area contributed by atoms with Crippen LogP contribution >= 0.6 is 0 Å². The van der Waals surface area contributed by atoms with Crippen LogP contribution in [0.25, 0.3) is 0 Å². The SMILES string of the molecule is COc1cc(F)ccc1[C@@H](C1CC1)N1CCNCC1. The largest absolute Gasteiger partial charge is 0.496 e. The molecule has 0 amide bonds. The highest BCUT2D eigenvalue weighted by Gasteiger charge is 2.38. The Morgan fingerprint density at radius 2 is 2.05 bits per heavy atom. The molecule has 1 N–H and O–H groups in total. The highest BCUT2D eigenvalue weighted by Crippen LogP contribution is 2.47. The Morgan fingerprint density at radius 3 is 2.68 bits per heavy atom. The van der Waals surface area contributed by atoms with Crippen molar-refractivity contribution in [3.05, 3.63) is 29.6 Å². The van der Waals surface area contributed by atoms with E-state index in [9.17, 15) is 4.39 Å². The topological polar surface area (TPSA) is 24.5 Å². The maximum Gasteiger partial charge on any atom is 0.126 e. The van der Waals surface area contributed by atoms with Crippen LogP contribution < -0.4 is 10.1 Å². The van der Waals surface area contributed by atoms with E-state index in [1.807, 2.05) is 6.07 Å². The van der Waals surface area contributed by atoms with E-state index in [2.05, 4.69) is 10.2 Å². The lowest BCUT2D eigenvalue weighted by Gasteiger charge is -2.36. The van der Waals surface area contributed by atoms with E-state index in [1.165, 1.54) is 18.9 Å². The molecule has 2 aliphatic rings. The van der Waals surface area contributed by atoms with Gasteiger partial charge in [0.2, 0.25) is 0 Å². The molecule has 1 heterocycles. The standard InChI is InChI=1S/C15H21FN2O/c1-19-14-10-12(16)4-5-13(14)15(11-2-3-11)18-8-6-17-7-9-18/h4-5,10-11,15,17H,2-3,6-9H2,1H3/t15-/m1/s1. The zero-order valence-corrected chi connectivity index (χ0v) is 11.4.